The molecule has 0 aromatic carbocycles. The molecule has 2 heterocycles. The highest BCUT2D eigenvalue weighted by Gasteiger charge is 2.16. The van der Waals surface area contributed by atoms with Crippen LogP contribution in [0.5, 0.6) is 0 Å². The first-order chi connectivity index (χ1) is 8.75. The average Bonchev–Trinajstić information content (AvgIpc) is 2.40. The second-order valence-electron chi connectivity index (χ2n) is 3.64. The maximum atomic E-state index is 10.9. The molecule has 1 atom stereocenters. The van der Waals surface area contributed by atoms with Crippen molar-refractivity contribution in [1.29, 1.82) is 0 Å². The standard InChI is InChI=1S/C12H12N4O2/c17-12(18)7-10(9-3-1-2-5-14-9)16-11-4-6-13-8-15-11/h1-6,8,10H,7H2,(H,17,18)(H,13,15,16)/t10-/m0/s1. The highest BCUT2D eigenvalue weighted by molar-refractivity contribution is 5.68. The lowest BCUT2D eigenvalue weighted by atomic mass is 10.1. The number of anilines is 1. The quantitative estimate of drug-likeness (QED) is 0.828. The summed E-state index contributed by atoms with van der Waals surface area (Å²) in [5.74, 6) is -0.325. The molecule has 0 fully saturated rings. The molecule has 6 nitrogen and oxygen atoms in total. The molecule has 0 amide bonds. The minimum atomic E-state index is -0.896. The number of aliphatic carboxylic acids is 1. The fourth-order valence-corrected chi connectivity index (χ4v) is 1.54. The third-order valence-corrected chi connectivity index (χ3v) is 2.33. The molecule has 0 aliphatic carbocycles. The van der Waals surface area contributed by atoms with E-state index in [0.29, 0.717) is 11.5 Å². The lowest BCUT2D eigenvalue weighted by molar-refractivity contribution is -0.137. The monoisotopic (exact) mass is 244 g/mol. The van der Waals surface area contributed by atoms with Gasteiger partial charge in [-0.15, -0.1) is 0 Å². The van der Waals surface area contributed by atoms with Gasteiger partial charge in [0.25, 0.3) is 0 Å². The Morgan fingerprint density at radius 2 is 2.17 bits per heavy atom. The minimum Gasteiger partial charge on any atom is -0.481 e. The van der Waals surface area contributed by atoms with Crippen molar-refractivity contribution in [2.45, 2.75) is 12.5 Å². The van der Waals surface area contributed by atoms with Gasteiger partial charge in [0.15, 0.2) is 0 Å². The van der Waals surface area contributed by atoms with E-state index >= 15 is 0 Å². The van der Waals surface area contributed by atoms with Crippen molar-refractivity contribution in [2.24, 2.45) is 0 Å². The van der Waals surface area contributed by atoms with Gasteiger partial charge in [0.05, 0.1) is 18.2 Å². The molecule has 0 aliphatic rings. The Hall–Kier alpha value is -2.50. The van der Waals surface area contributed by atoms with E-state index < -0.39 is 12.0 Å². The van der Waals surface area contributed by atoms with E-state index in [9.17, 15) is 4.79 Å². The number of hydrogen-bond donors (Lipinski definition) is 2. The topological polar surface area (TPSA) is 88.0 Å². The van der Waals surface area contributed by atoms with Crippen LogP contribution in [0, 0.1) is 0 Å². The molecule has 0 aliphatic heterocycles. The zero-order valence-electron chi connectivity index (χ0n) is 9.52. The smallest absolute Gasteiger partial charge is 0.305 e. The summed E-state index contributed by atoms with van der Waals surface area (Å²) < 4.78 is 0. The minimum absolute atomic E-state index is 0.0684. The van der Waals surface area contributed by atoms with Crippen molar-refractivity contribution in [3.63, 3.8) is 0 Å². The van der Waals surface area contributed by atoms with Gasteiger partial charge < -0.3 is 10.4 Å². The summed E-state index contributed by atoms with van der Waals surface area (Å²) in [5, 5.41) is 12.0. The first-order valence-corrected chi connectivity index (χ1v) is 5.41. The molecule has 2 N–H and O–H groups in total. The summed E-state index contributed by atoms with van der Waals surface area (Å²) in [6.45, 7) is 0. The van der Waals surface area contributed by atoms with Crippen LogP contribution in [0.1, 0.15) is 18.2 Å². The van der Waals surface area contributed by atoms with Crippen molar-refractivity contribution < 1.29 is 9.90 Å². The third kappa shape index (κ3) is 3.24. The van der Waals surface area contributed by atoms with Crippen LogP contribution in [-0.4, -0.2) is 26.0 Å². The zero-order chi connectivity index (χ0) is 12.8. The van der Waals surface area contributed by atoms with Crippen LogP contribution >= 0.6 is 0 Å². The first-order valence-electron chi connectivity index (χ1n) is 5.41. The molecule has 92 valence electrons. The molecule has 0 radical (unpaired) electrons. The number of hydrogen-bond acceptors (Lipinski definition) is 5. The third-order valence-electron chi connectivity index (χ3n) is 2.33. The van der Waals surface area contributed by atoms with Gasteiger partial charge in [0, 0.05) is 12.4 Å². The number of carbonyl (C=O) groups is 1. The fourth-order valence-electron chi connectivity index (χ4n) is 1.54. The number of pyridine rings is 1. The Labute approximate surface area is 104 Å². The Bertz CT molecular complexity index is 504. The summed E-state index contributed by atoms with van der Waals surface area (Å²) in [6, 6.07) is 6.64. The van der Waals surface area contributed by atoms with Crippen LogP contribution in [0.2, 0.25) is 0 Å². The predicted octanol–water partition coefficient (Wildman–Crippen LogP) is 1.50. The van der Waals surface area contributed by atoms with Crippen LogP contribution in [0.15, 0.2) is 43.0 Å². The molecule has 0 bridgehead atoms. The number of nitrogens with zero attached hydrogens (tertiary/aromatic N) is 3. The zero-order valence-corrected chi connectivity index (χ0v) is 9.52. The molecule has 0 spiro atoms. The van der Waals surface area contributed by atoms with Gasteiger partial charge in [0.2, 0.25) is 0 Å². The van der Waals surface area contributed by atoms with E-state index in [1.807, 2.05) is 6.07 Å². The maximum Gasteiger partial charge on any atom is 0.305 e. The highest BCUT2D eigenvalue weighted by Crippen LogP contribution is 2.19. The molecule has 0 saturated heterocycles. The number of carboxylic acid groups (broad SMARTS) is 1. The van der Waals surface area contributed by atoms with Gasteiger partial charge in [-0.1, -0.05) is 6.07 Å². The lowest BCUT2D eigenvalue weighted by Gasteiger charge is -2.16. The molecule has 0 saturated carbocycles. The Balaban J connectivity index is 2.18. The van der Waals surface area contributed by atoms with Crippen LogP contribution in [0.25, 0.3) is 0 Å². The van der Waals surface area contributed by atoms with E-state index in [-0.39, 0.29) is 6.42 Å². The van der Waals surface area contributed by atoms with E-state index in [1.54, 1.807) is 30.6 Å². The van der Waals surface area contributed by atoms with Gasteiger partial charge in [-0.25, -0.2) is 9.97 Å². The SMILES string of the molecule is O=C(O)C[C@H](Nc1ccncn1)c1ccccn1. The van der Waals surface area contributed by atoms with Crippen molar-refractivity contribution in [3.8, 4) is 0 Å². The van der Waals surface area contributed by atoms with Crippen molar-refractivity contribution in [2.75, 3.05) is 5.32 Å². The summed E-state index contributed by atoms with van der Waals surface area (Å²) >= 11 is 0. The van der Waals surface area contributed by atoms with Crippen molar-refractivity contribution in [3.05, 3.63) is 48.7 Å². The van der Waals surface area contributed by atoms with E-state index in [0.717, 1.165) is 0 Å². The van der Waals surface area contributed by atoms with Crippen LogP contribution in [-0.2, 0) is 4.79 Å². The molecule has 2 aromatic heterocycles. The molecule has 0 unspecified atom stereocenters. The van der Waals surface area contributed by atoms with Gasteiger partial charge in [-0.05, 0) is 18.2 Å². The number of carboxylic acids is 1. The normalized spacial score (nSPS) is 11.8. The summed E-state index contributed by atoms with van der Waals surface area (Å²) in [4.78, 5) is 22.8. The number of rotatable bonds is 5. The van der Waals surface area contributed by atoms with Crippen molar-refractivity contribution in [1.82, 2.24) is 15.0 Å². The maximum absolute atomic E-state index is 10.9. The second kappa shape index (κ2) is 5.72. The lowest BCUT2D eigenvalue weighted by Crippen LogP contribution is -2.17. The van der Waals surface area contributed by atoms with Gasteiger partial charge >= 0.3 is 5.97 Å². The van der Waals surface area contributed by atoms with Crippen LogP contribution in [0.3, 0.4) is 0 Å². The molecule has 2 aromatic rings. The fraction of sp³-hybridized carbons (Fsp3) is 0.167. The second-order valence-corrected chi connectivity index (χ2v) is 3.64. The Morgan fingerprint density at radius 3 is 2.78 bits per heavy atom. The Kier molecular flexibility index (Phi) is 3.80. The summed E-state index contributed by atoms with van der Waals surface area (Å²) in [7, 11) is 0. The number of aromatic nitrogens is 3. The molecule has 6 heteroatoms. The first kappa shape index (κ1) is 12.0. The summed E-state index contributed by atoms with van der Waals surface area (Å²) in [6.07, 6.45) is 4.55. The van der Waals surface area contributed by atoms with Crippen molar-refractivity contribution >= 4 is 11.8 Å². The van der Waals surface area contributed by atoms with E-state index in [1.165, 1.54) is 6.33 Å². The summed E-state index contributed by atoms with van der Waals surface area (Å²) in [5.41, 5.74) is 0.665. The molecule has 18 heavy (non-hydrogen) atoms. The predicted molar refractivity (Wildman–Crippen MR) is 64.9 cm³/mol. The number of nitrogens with one attached hydrogen (secondary N) is 1. The highest BCUT2D eigenvalue weighted by atomic mass is 16.4. The van der Waals surface area contributed by atoms with E-state index in [2.05, 4.69) is 20.3 Å². The average molecular weight is 244 g/mol. The van der Waals surface area contributed by atoms with Crippen LogP contribution in [0.4, 0.5) is 5.82 Å². The van der Waals surface area contributed by atoms with Gasteiger partial charge in [0.1, 0.15) is 12.1 Å². The largest absolute Gasteiger partial charge is 0.481 e. The molecular formula is C12H12N4O2. The Morgan fingerprint density at radius 1 is 1.28 bits per heavy atom. The molecular weight excluding hydrogens is 232 g/mol. The molecule has 2 rings (SSSR count). The van der Waals surface area contributed by atoms with Gasteiger partial charge in [-0.3, -0.25) is 9.78 Å². The van der Waals surface area contributed by atoms with E-state index in [4.69, 9.17) is 5.11 Å². The van der Waals surface area contributed by atoms with Gasteiger partial charge in [-0.2, -0.15) is 0 Å². The van der Waals surface area contributed by atoms with Crippen LogP contribution < -0.4 is 5.32 Å².